The average molecular weight is 629 g/mol. The number of carbonyl (C=O) groups is 1. The van der Waals surface area contributed by atoms with Crippen molar-refractivity contribution in [1.82, 2.24) is 15.3 Å². The molecule has 4 aromatic rings. The highest BCUT2D eigenvalue weighted by atomic mass is 32.2. The van der Waals surface area contributed by atoms with Crippen molar-refractivity contribution in [3.05, 3.63) is 89.5 Å². The second kappa shape index (κ2) is 13.5. The van der Waals surface area contributed by atoms with Crippen LogP contribution in [0.15, 0.2) is 71.8 Å². The molecule has 1 aliphatic rings. The topological polar surface area (TPSA) is 136 Å². The number of anilines is 1. The zero-order chi connectivity index (χ0) is 31.2. The van der Waals surface area contributed by atoms with Crippen molar-refractivity contribution in [2.45, 2.75) is 51.5 Å². The fourth-order valence-corrected chi connectivity index (χ4v) is 6.82. The molecule has 228 valence electrons. The first-order valence-corrected chi connectivity index (χ1v) is 16.8. The molecule has 0 spiro atoms. The number of nitrogens with one attached hydrogen (secondary N) is 1. The number of pyridine rings is 2. The maximum absolute atomic E-state index is 13.5. The Morgan fingerprint density at radius 3 is 2.37 bits per heavy atom. The Labute approximate surface area is 251 Å². The number of aryl methyl sites for hydroxylation is 1. The van der Waals surface area contributed by atoms with Crippen LogP contribution in [-0.2, 0) is 26.7 Å². The van der Waals surface area contributed by atoms with E-state index in [2.05, 4.69) is 29.1 Å². The van der Waals surface area contributed by atoms with Crippen LogP contribution in [0.2, 0.25) is 0 Å². The van der Waals surface area contributed by atoms with Gasteiger partial charge in [-0.15, -0.1) is 0 Å². The summed E-state index contributed by atoms with van der Waals surface area (Å²) < 4.78 is 72.5. The maximum Gasteiger partial charge on any atom is 0.339 e. The molecule has 0 radical (unpaired) electrons. The van der Waals surface area contributed by atoms with E-state index >= 15 is 0 Å². The number of halogens is 1. The molecule has 3 heterocycles. The van der Waals surface area contributed by atoms with Crippen LogP contribution in [0, 0.1) is 12.7 Å². The van der Waals surface area contributed by atoms with E-state index in [4.69, 9.17) is 4.18 Å². The van der Waals surface area contributed by atoms with Gasteiger partial charge in [0.05, 0.1) is 5.75 Å². The normalized spacial score (nSPS) is 14.5. The number of carbonyl (C=O) groups excluding carboxylic acids is 1. The molecule has 1 fully saturated rings. The largest absolute Gasteiger partial charge is 0.374 e. The van der Waals surface area contributed by atoms with Crippen LogP contribution in [0.3, 0.4) is 0 Å². The Morgan fingerprint density at radius 1 is 1.05 bits per heavy atom. The van der Waals surface area contributed by atoms with E-state index in [1.807, 2.05) is 0 Å². The third-order valence-corrected chi connectivity index (χ3v) is 9.43. The molecular weight excluding hydrogens is 595 g/mol. The highest BCUT2D eigenvalue weighted by Gasteiger charge is 2.33. The summed E-state index contributed by atoms with van der Waals surface area (Å²) in [5.74, 6) is -1.85. The molecule has 1 N–H and O–H groups in total. The number of rotatable bonds is 7. The van der Waals surface area contributed by atoms with Gasteiger partial charge < -0.3 is 9.50 Å². The molecule has 1 aliphatic heterocycles. The molecule has 0 unspecified atom stereocenters. The second-order valence-electron chi connectivity index (χ2n) is 9.97. The zero-order valence-electron chi connectivity index (χ0n) is 24.1. The molecule has 13 heteroatoms. The Hall–Kier alpha value is -4.10. The summed E-state index contributed by atoms with van der Waals surface area (Å²) >= 11 is 0. The first-order valence-electron chi connectivity index (χ1n) is 13.8. The Balaban J connectivity index is 0.00000135. The molecule has 10 nitrogen and oxygen atoms in total. The summed E-state index contributed by atoms with van der Waals surface area (Å²) in [6.45, 7) is 6.15. The highest BCUT2D eigenvalue weighted by Crippen LogP contribution is 2.37. The lowest BCUT2D eigenvalue weighted by Gasteiger charge is -2.28. The minimum Gasteiger partial charge on any atom is -0.374 e. The van der Waals surface area contributed by atoms with Crippen molar-refractivity contribution in [1.29, 1.82) is 0 Å². The van der Waals surface area contributed by atoms with Gasteiger partial charge in [-0.05, 0) is 61.7 Å². The summed E-state index contributed by atoms with van der Waals surface area (Å²) in [7, 11) is -8.19. The molecule has 1 saturated heterocycles. The zero-order valence-corrected chi connectivity index (χ0v) is 25.7. The van der Waals surface area contributed by atoms with Crippen molar-refractivity contribution in [2.75, 3.05) is 16.6 Å². The number of hydrogen-bond donors (Lipinski definition) is 1. The molecular formula is C30H33FN4O6S2. The van der Waals surface area contributed by atoms with Crippen LogP contribution in [-0.4, -0.2) is 45.0 Å². The van der Waals surface area contributed by atoms with E-state index in [9.17, 15) is 26.0 Å². The Morgan fingerprint density at radius 2 is 1.72 bits per heavy atom. The minimum atomic E-state index is -4.44. The molecule has 0 atom stereocenters. The molecule has 43 heavy (non-hydrogen) atoms. The number of aromatic nitrogens is 2. The van der Waals surface area contributed by atoms with Crippen LogP contribution in [0.4, 0.5) is 10.2 Å². The third kappa shape index (κ3) is 7.46. The van der Waals surface area contributed by atoms with E-state index in [1.54, 1.807) is 31.2 Å². The minimum absolute atomic E-state index is 0.0391. The Bertz CT molecular complexity index is 1810. The average Bonchev–Trinajstić information content (AvgIpc) is 2.97. The Kier molecular flexibility index (Phi) is 9.97. The molecule has 0 aliphatic carbocycles. The van der Waals surface area contributed by atoms with Gasteiger partial charge in [0.2, 0.25) is 15.8 Å². The maximum atomic E-state index is 13.5. The summed E-state index contributed by atoms with van der Waals surface area (Å²) in [5.41, 5.74) is 0.901. The van der Waals surface area contributed by atoms with Crippen LogP contribution in [0.1, 0.15) is 54.7 Å². The molecule has 1 amide bonds. The smallest absolute Gasteiger partial charge is 0.339 e. The van der Waals surface area contributed by atoms with Crippen LogP contribution >= 0.6 is 0 Å². The van der Waals surface area contributed by atoms with Crippen molar-refractivity contribution < 1.29 is 30.2 Å². The van der Waals surface area contributed by atoms with Gasteiger partial charge in [-0.1, -0.05) is 50.1 Å². The van der Waals surface area contributed by atoms with Gasteiger partial charge >= 0.3 is 10.1 Å². The molecule has 0 saturated carbocycles. The summed E-state index contributed by atoms with van der Waals surface area (Å²) in [6.07, 6.45) is 3.69. The van der Waals surface area contributed by atoms with Crippen LogP contribution in [0.5, 0.6) is 5.75 Å². The summed E-state index contributed by atoms with van der Waals surface area (Å²) in [4.78, 5) is 22.0. The predicted molar refractivity (Wildman–Crippen MR) is 162 cm³/mol. The van der Waals surface area contributed by atoms with Gasteiger partial charge in [0, 0.05) is 24.7 Å². The first kappa shape index (κ1) is 31.8. The molecule has 2 aromatic heterocycles. The van der Waals surface area contributed by atoms with E-state index in [-0.39, 0.29) is 40.5 Å². The lowest BCUT2D eigenvalue weighted by Crippen LogP contribution is -2.39. The predicted octanol–water partition coefficient (Wildman–Crippen LogP) is 5.12. The van der Waals surface area contributed by atoms with Gasteiger partial charge in [0.1, 0.15) is 16.2 Å². The fraction of sp³-hybridized carbons (Fsp3) is 0.300. The first-order chi connectivity index (χ1) is 20.5. The van der Waals surface area contributed by atoms with Gasteiger partial charge in [-0.25, -0.2) is 17.8 Å². The van der Waals surface area contributed by atoms with Crippen molar-refractivity contribution in [2.24, 2.45) is 0 Å². The number of benzene rings is 2. The van der Waals surface area contributed by atoms with Gasteiger partial charge in [-0.2, -0.15) is 8.42 Å². The second-order valence-corrected chi connectivity index (χ2v) is 13.5. The lowest BCUT2D eigenvalue weighted by molar-refractivity contribution is 0.0944. The quantitative estimate of drug-likeness (QED) is 0.279. The summed E-state index contributed by atoms with van der Waals surface area (Å²) in [5, 5.41) is 2.83. The molecule has 5 rings (SSSR count). The number of nitrogens with zero attached hydrogens (tertiary/aromatic N) is 3. The van der Waals surface area contributed by atoms with Gasteiger partial charge in [0.15, 0.2) is 11.5 Å². The van der Waals surface area contributed by atoms with Crippen molar-refractivity contribution >= 4 is 42.8 Å². The highest BCUT2D eigenvalue weighted by molar-refractivity contribution is 7.92. The van der Waals surface area contributed by atoms with Gasteiger partial charge in [-0.3, -0.25) is 14.1 Å². The molecule has 2 aromatic carbocycles. The number of amides is 1. The monoisotopic (exact) mass is 628 g/mol. The van der Waals surface area contributed by atoms with E-state index < -0.39 is 43.3 Å². The van der Waals surface area contributed by atoms with Gasteiger partial charge in [0.25, 0.3) is 5.91 Å². The van der Waals surface area contributed by atoms with Crippen LogP contribution in [0.25, 0.3) is 10.9 Å². The standard InChI is InChI=1S/C27H25FN4O6S2.C3H8/c1-18-6-12-21(13-7-18)40(36,37)38-25-23-22(5-4-14-29-23)26(32-15-2-3-16-39(32,34)35)31-24(25)27(33)30-17-19-8-10-20(28)11-9-19;1-3-2/h4-14H,2-3,15-17H2,1H3,(H,30,33);3H2,1-2H3. The number of sulfonamides is 1. The SMILES string of the molecule is CCC.Cc1ccc(S(=O)(=O)Oc2c(C(=O)NCc3ccc(F)cc3)nc(N3CCCCS3(=O)=O)c3cccnc23)cc1. The van der Waals surface area contributed by atoms with E-state index in [0.717, 1.165) is 9.87 Å². The van der Waals surface area contributed by atoms with Crippen LogP contribution < -0.4 is 13.8 Å². The third-order valence-electron chi connectivity index (χ3n) is 6.37. The van der Waals surface area contributed by atoms with Crippen molar-refractivity contribution in [3.8, 4) is 5.75 Å². The van der Waals surface area contributed by atoms with E-state index in [1.165, 1.54) is 49.0 Å². The lowest BCUT2D eigenvalue weighted by atomic mass is 10.1. The van der Waals surface area contributed by atoms with Crippen molar-refractivity contribution in [3.63, 3.8) is 0 Å². The number of hydrogen-bond acceptors (Lipinski definition) is 8. The van der Waals surface area contributed by atoms with E-state index in [0.29, 0.717) is 18.4 Å². The fourth-order valence-electron chi connectivity index (χ4n) is 4.28. The number of fused-ring (bicyclic) bond motifs is 1. The summed E-state index contributed by atoms with van der Waals surface area (Å²) in [6, 6.07) is 14.5. The molecule has 0 bridgehead atoms.